The molecule has 1 N–H and O–H groups in total. The molecule has 4 nitrogen and oxygen atoms in total. The van der Waals surface area contributed by atoms with Gasteiger partial charge in [-0.05, 0) is 91.8 Å². The van der Waals surface area contributed by atoms with Gasteiger partial charge in [0.1, 0.15) is 6.04 Å². The minimum absolute atomic E-state index is 0.301. The Bertz CT molecular complexity index is 1380. The molecule has 1 fully saturated rings. The molecule has 3 heterocycles. The lowest BCUT2D eigenvalue weighted by Gasteiger charge is -2.29. The zero-order valence-electron chi connectivity index (χ0n) is 19.1. The summed E-state index contributed by atoms with van der Waals surface area (Å²) in [6, 6.07) is 20.3. The van der Waals surface area contributed by atoms with Crippen LogP contribution in [0, 0.1) is 13.8 Å². The molecule has 4 aromatic rings. The van der Waals surface area contributed by atoms with Crippen molar-refractivity contribution in [2.24, 2.45) is 0 Å². The van der Waals surface area contributed by atoms with E-state index in [1.807, 2.05) is 61.2 Å². The second-order valence-corrected chi connectivity index (χ2v) is 9.00. The van der Waals surface area contributed by atoms with Crippen molar-refractivity contribution in [3.05, 3.63) is 113 Å². The van der Waals surface area contributed by atoms with Crippen molar-refractivity contribution in [1.29, 1.82) is 0 Å². The maximum atomic E-state index is 13.4. The van der Waals surface area contributed by atoms with Crippen molar-refractivity contribution in [1.82, 2.24) is 14.9 Å². The molecule has 0 amide bonds. The van der Waals surface area contributed by atoms with Crippen LogP contribution < -0.4 is 10.2 Å². The number of benzene rings is 2. The summed E-state index contributed by atoms with van der Waals surface area (Å²) < 4.78 is 42.1. The number of pyridine rings is 1. The van der Waals surface area contributed by atoms with Crippen molar-refractivity contribution in [3.8, 4) is 5.69 Å². The number of nitrogens with zero attached hydrogens (tertiary/aromatic N) is 3. The fourth-order valence-corrected chi connectivity index (χ4v) is 4.86. The van der Waals surface area contributed by atoms with E-state index in [2.05, 4.69) is 16.4 Å². The Hall–Kier alpha value is -3.65. The van der Waals surface area contributed by atoms with Crippen LogP contribution in [0.4, 0.5) is 18.9 Å². The summed E-state index contributed by atoms with van der Waals surface area (Å²) in [5.74, 6) is 0. The zero-order valence-corrected chi connectivity index (χ0v) is 19.9. The van der Waals surface area contributed by atoms with E-state index in [0.29, 0.717) is 10.8 Å². The minimum Gasteiger partial charge on any atom is -0.351 e. The Balaban J connectivity index is 1.67. The molecule has 178 valence electrons. The van der Waals surface area contributed by atoms with Crippen LogP contribution in [-0.4, -0.2) is 14.7 Å². The SMILES string of the molecule is Cc1ccc(N2C(=S)NC(c3ccccn3)C2c2cccn2-c2cccc(C(F)(F)F)c2)cc1C. The fourth-order valence-electron chi connectivity index (χ4n) is 4.51. The predicted molar refractivity (Wildman–Crippen MR) is 135 cm³/mol. The number of aromatic nitrogens is 2. The molecule has 35 heavy (non-hydrogen) atoms. The predicted octanol–water partition coefficient (Wildman–Crippen LogP) is 6.69. The highest BCUT2D eigenvalue weighted by Gasteiger charge is 2.42. The molecule has 5 rings (SSSR count). The summed E-state index contributed by atoms with van der Waals surface area (Å²) in [7, 11) is 0. The molecule has 0 aliphatic carbocycles. The van der Waals surface area contributed by atoms with E-state index in [4.69, 9.17) is 12.2 Å². The molecule has 1 saturated heterocycles. The normalized spacial score (nSPS) is 18.1. The molecule has 2 aromatic heterocycles. The van der Waals surface area contributed by atoms with Crippen molar-refractivity contribution < 1.29 is 13.2 Å². The number of anilines is 1. The van der Waals surface area contributed by atoms with Crippen LogP contribution in [0.1, 0.15) is 40.2 Å². The van der Waals surface area contributed by atoms with Crippen LogP contribution in [0.3, 0.4) is 0 Å². The van der Waals surface area contributed by atoms with Crippen LogP contribution in [0.5, 0.6) is 0 Å². The minimum atomic E-state index is -4.43. The maximum Gasteiger partial charge on any atom is 0.416 e. The molecular weight excluding hydrogens is 469 g/mol. The number of alkyl halides is 3. The second-order valence-electron chi connectivity index (χ2n) is 8.62. The quantitative estimate of drug-likeness (QED) is 0.322. The van der Waals surface area contributed by atoms with Gasteiger partial charge in [-0.25, -0.2) is 0 Å². The van der Waals surface area contributed by atoms with Crippen molar-refractivity contribution in [2.75, 3.05) is 4.90 Å². The number of rotatable bonds is 4. The Morgan fingerprint density at radius 3 is 2.43 bits per heavy atom. The molecule has 0 radical (unpaired) electrons. The van der Waals surface area contributed by atoms with Crippen LogP contribution in [0.15, 0.2) is 85.2 Å². The molecule has 1 aliphatic heterocycles. The topological polar surface area (TPSA) is 33.1 Å². The van der Waals surface area contributed by atoms with Gasteiger partial charge in [0.2, 0.25) is 0 Å². The van der Waals surface area contributed by atoms with Gasteiger partial charge >= 0.3 is 6.18 Å². The van der Waals surface area contributed by atoms with Crippen molar-refractivity contribution in [3.63, 3.8) is 0 Å². The summed E-state index contributed by atoms with van der Waals surface area (Å²) in [5, 5.41) is 3.94. The number of aryl methyl sites for hydroxylation is 2. The van der Waals surface area contributed by atoms with E-state index < -0.39 is 11.7 Å². The van der Waals surface area contributed by atoms with Gasteiger partial charge in [-0.1, -0.05) is 18.2 Å². The summed E-state index contributed by atoms with van der Waals surface area (Å²) in [5.41, 5.74) is 4.52. The average Bonchev–Trinajstić information content (AvgIpc) is 3.45. The molecule has 1 aliphatic rings. The lowest BCUT2D eigenvalue weighted by molar-refractivity contribution is -0.137. The molecule has 0 saturated carbocycles. The number of hydrogen-bond acceptors (Lipinski definition) is 2. The number of halogens is 3. The Morgan fingerprint density at radius 1 is 0.886 bits per heavy atom. The standard InChI is InChI=1S/C27H23F3N4S/c1-17-11-12-21(15-18(17)2)34-25(24(32-26(34)35)22-9-3-4-13-31-22)23-10-6-14-33(23)20-8-5-7-19(16-20)27(28,29)30/h3-16,24-25H,1-2H3,(H,32,35). The van der Waals surface area contributed by atoms with Crippen molar-refractivity contribution >= 4 is 23.0 Å². The highest BCUT2D eigenvalue weighted by molar-refractivity contribution is 7.80. The zero-order chi connectivity index (χ0) is 24.7. The lowest BCUT2D eigenvalue weighted by atomic mass is 10.00. The first-order valence-corrected chi connectivity index (χ1v) is 11.6. The number of nitrogens with one attached hydrogen (secondary N) is 1. The number of hydrogen-bond donors (Lipinski definition) is 1. The van der Waals surface area contributed by atoms with Gasteiger partial charge in [0.15, 0.2) is 5.11 Å². The first-order chi connectivity index (χ1) is 16.7. The van der Waals surface area contributed by atoms with Crippen LogP contribution in [0.2, 0.25) is 0 Å². The second kappa shape index (κ2) is 8.85. The van der Waals surface area contributed by atoms with Crippen LogP contribution >= 0.6 is 12.2 Å². The molecule has 8 heteroatoms. The van der Waals surface area contributed by atoms with E-state index in [1.165, 1.54) is 12.1 Å². The van der Waals surface area contributed by atoms with Crippen LogP contribution in [0.25, 0.3) is 5.69 Å². The van der Waals surface area contributed by atoms with Crippen LogP contribution in [-0.2, 0) is 6.18 Å². The first-order valence-electron chi connectivity index (χ1n) is 11.2. The highest BCUT2D eigenvalue weighted by Crippen LogP contribution is 2.43. The van der Waals surface area contributed by atoms with E-state index in [9.17, 15) is 13.2 Å². The summed E-state index contributed by atoms with van der Waals surface area (Å²) in [6.45, 7) is 4.09. The van der Waals surface area contributed by atoms with Gasteiger partial charge in [0, 0.05) is 29.5 Å². The first kappa shape index (κ1) is 23.1. The third-order valence-corrected chi connectivity index (χ3v) is 6.72. The Kier molecular flexibility index (Phi) is 5.84. The Labute approximate surface area is 207 Å². The summed E-state index contributed by atoms with van der Waals surface area (Å²) in [4.78, 5) is 6.59. The molecule has 0 spiro atoms. The van der Waals surface area contributed by atoms with Gasteiger partial charge in [-0.3, -0.25) is 4.98 Å². The lowest BCUT2D eigenvalue weighted by Crippen LogP contribution is -2.30. The highest BCUT2D eigenvalue weighted by atomic mass is 32.1. The van der Waals surface area contributed by atoms with Gasteiger partial charge in [0.25, 0.3) is 0 Å². The summed E-state index contributed by atoms with van der Waals surface area (Å²) in [6.07, 6.45) is -0.927. The molecule has 2 atom stereocenters. The molecular formula is C27H23F3N4S. The fraction of sp³-hybridized carbons (Fsp3) is 0.185. The van der Waals surface area contributed by atoms with Gasteiger partial charge < -0.3 is 14.8 Å². The number of thiocarbonyl (C=S) groups is 1. The smallest absolute Gasteiger partial charge is 0.351 e. The van der Waals surface area contributed by atoms with E-state index in [1.54, 1.807) is 23.0 Å². The van der Waals surface area contributed by atoms with E-state index in [0.717, 1.165) is 34.3 Å². The third-order valence-electron chi connectivity index (χ3n) is 6.40. The molecule has 0 bridgehead atoms. The molecule has 2 aromatic carbocycles. The maximum absolute atomic E-state index is 13.4. The van der Waals surface area contributed by atoms with Gasteiger partial charge in [0.05, 0.1) is 17.3 Å². The average molecular weight is 493 g/mol. The monoisotopic (exact) mass is 492 g/mol. The largest absolute Gasteiger partial charge is 0.416 e. The molecule has 2 unspecified atom stereocenters. The third kappa shape index (κ3) is 4.30. The van der Waals surface area contributed by atoms with Gasteiger partial charge in [-0.2, -0.15) is 13.2 Å². The van der Waals surface area contributed by atoms with E-state index in [-0.39, 0.29) is 12.1 Å². The summed E-state index contributed by atoms with van der Waals surface area (Å²) >= 11 is 5.79. The van der Waals surface area contributed by atoms with Crippen molar-refractivity contribution in [2.45, 2.75) is 32.1 Å². The van der Waals surface area contributed by atoms with Gasteiger partial charge in [-0.15, -0.1) is 0 Å². The Morgan fingerprint density at radius 2 is 1.71 bits per heavy atom. The van der Waals surface area contributed by atoms with E-state index >= 15 is 0 Å².